The molecule has 0 aliphatic rings. The SMILES string of the molecule is CS(=O)(=O)CCCCc1ccc(-c2ccc3c(c2)c(=Nc2ccc(OCc4cccc(F)c4)c(Cl)c2)ncn3O)o1.CS(=O)(=O)CCCCc1ccc(-c2ccc3ncn(O)c(=Nc4ccc(OCc5cccc(F)c5)c(Cl)c4)c3c2)o1. The number of benzene rings is 6. The summed E-state index contributed by atoms with van der Waals surface area (Å²) in [4.78, 5) is 17.8. The second-order valence-electron chi connectivity index (χ2n) is 19.3. The van der Waals surface area contributed by atoms with Crippen molar-refractivity contribution >= 4 is 76.1 Å². The van der Waals surface area contributed by atoms with Crippen molar-refractivity contribution in [2.75, 3.05) is 24.0 Å². The fourth-order valence-electron chi connectivity index (χ4n) is 8.62. The third-order valence-electron chi connectivity index (χ3n) is 12.7. The third kappa shape index (κ3) is 16.0. The van der Waals surface area contributed by atoms with E-state index in [-0.39, 0.29) is 41.8 Å². The standard InChI is InChI=1S/2C30H27ClFN3O5S/c1-41(37,38)14-3-2-7-24-10-13-28(40-24)21-8-11-27-25(16-21)30(33-19-35(27)36)34-23-9-12-29(26(31)17-23)39-18-20-5-4-6-22(32)15-20;1-41(37,38)14-3-2-7-24-10-13-28(40-24)21-8-11-27-25(16-21)30(35(36)19-33-27)34-23-9-12-29(26(31)17-23)39-18-20-5-4-6-22(32)15-20/h2*4-6,8-13,15-17,19,36H,2-3,7,14,18H2,1H3. The molecular formula is C60H54Cl2F2N6O10S2. The van der Waals surface area contributed by atoms with Crippen LogP contribution in [0.2, 0.25) is 10.0 Å². The molecule has 10 aromatic rings. The monoisotopic (exact) mass is 1190 g/mol. The Morgan fingerprint density at radius 2 is 1.07 bits per heavy atom. The van der Waals surface area contributed by atoms with Crippen molar-refractivity contribution < 1.29 is 54.3 Å². The van der Waals surface area contributed by atoms with Gasteiger partial charge in [-0.3, -0.25) is 0 Å². The van der Waals surface area contributed by atoms with E-state index in [1.807, 2.05) is 54.6 Å². The van der Waals surface area contributed by atoms with Gasteiger partial charge in [-0.25, -0.2) is 45.6 Å². The molecule has 2 N–H and O–H groups in total. The van der Waals surface area contributed by atoms with E-state index in [2.05, 4.69) is 20.0 Å². The molecule has 0 radical (unpaired) electrons. The number of ether oxygens (including phenoxy) is 2. The summed E-state index contributed by atoms with van der Waals surface area (Å²) in [5.74, 6) is 3.26. The number of furan rings is 2. The molecule has 0 bridgehead atoms. The number of hydrogen-bond donors (Lipinski definition) is 2. The van der Waals surface area contributed by atoms with Gasteiger partial charge in [-0.1, -0.05) is 47.5 Å². The van der Waals surface area contributed by atoms with E-state index in [1.165, 1.54) is 49.4 Å². The van der Waals surface area contributed by atoms with Gasteiger partial charge in [-0.15, -0.1) is 0 Å². The van der Waals surface area contributed by atoms with Crippen molar-refractivity contribution in [1.29, 1.82) is 0 Å². The van der Waals surface area contributed by atoms with Crippen LogP contribution in [0.1, 0.15) is 48.3 Å². The van der Waals surface area contributed by atoms with Gasteiger partial charge in [0, 0.05) is 58.8 Å². The zero-order valence-electron chi connectivity index (χ0n) is 44.3. The molecule has 0 atom stereocenters. The Morgan fingerprint density at radius 1 is 0.561 bits per heavy atom. The summed E-state index contributed by atoms with van der Waals surface area (Å²) in [7, 11) is -5.96. The fraction of sp³-hybridized carbons (Fsp3) is 0.200. The number of fused-ring (bicyclic) bond motifs is 2. The van der Waals surface area contributed by atoms with Gasteiger partial charge >= 0.3 is 0 Å². The van der Waals surface area contributed by atoms with Crippen LogP contribution < -0.4 is 20.4 Å². The third-order valence-corrected chi connectivity index (χ3v) is 15.3. The van der Waals surface area contributed by atoms with Crippen LogP contribution in [0, 0.1) is 11.6 Å². The average molecular weight is 1190 g/mol. The molecule has 424 valence electrons. The van der Waals surface area contributed by atoms with E-state index in [9.17, 15) is 36.0 Å². The van der Waals surface area contributed by atoms with E-state index in [4.69, 9.17) is 41.5 Å². The van der Waals surface area contributed by atoms with E-state index in [0.717, 1.165) is 32.1 Å². The van der Waals surface area contributed by atoms with Gasteiger partial charge in [0.2, 0.25) is 0 Å². The second-order valence-corrected chi connectivity index (χ2v) is 24.6. The smallest absolute Gasteiger partial charge is 0.179 e. The van der Waals surface area contributed by atoms with Crippen LogP contribution in [0.5, 0.6) is 11.5 Å². The summed E-state index contributed by atoms with van der Waals surface area (Å²) in [5.41, 5.74) is 5.61. The molecule has 16 nitrogen and oxygen atoms in total. The van der Waals surface area contributed by atoms with Crippen LogP contribution in [0.15, 0.2) is 177 Å². The largest absolute Gasteiger partial charge is 0.487 e. The molecule has 0 spiro atoms. The zero-order chi connectivity index (χ0) is 58.0. The van der Waals surface area contributed by atoms with Crippen molar-refractivity contribution in [2.24, 2.45) is 9.98 Å². The number of sulfone groups is 2. The molecule has 22 heteroatoms. The molecule has 4 heterocycles. The predicted octanol–water partition coefficient (Wildman–Crippen LogP) is 13.0. The topological polar surface area (TPSA) is 214 Å². The first-order valence-electron chi connectivity index (χ1n) is 25.7. The quantitative estimate of drug-likeness (QED) is 0.0539. The first-order valence-corrected chi connectivity index (χ1v) is 30.5. The molecular weight excluding hydrogens is 1140 g/mol. The molecule has 0 saturated heterocycles. The number of aryl methyl sites for hydroxylation is 2. The lowest BCUT2D eigenvalue weighted by Gasteiger charge is -2.09. The molecule has 0 aliphatic heterocycles. The number of halogens is 4. The maximum atomic E-state index is 13.4. The molecule has 0 fully saturated rings. The molecule has 0 unspecified atom stereocenters. The van der Waals surface area contributed by atoms with Crippen molar-refractivity contribution in [1.82, 2.24) is 19.4 Å². The summed E-state index contributed by atoms with van der Waals surface area (Å²) in [5, 5.41) is 22.7. The number of rotatable bonds is 20. The van der Waals surface area contributed by atoms with Crippen molar-refractivity contribution in [3.63, 3.8) is 0 Å². The number of hydrogen-bond acceptors (Lipinski definition) is 14. The minimum Gasteiger partial charge on any atom is -0.487 e. The maximum Gasteiger partial charge on any atom is 0.179 e. The van der Waals surface area contributed by atoms with Crippen molar-refractivity contribution in [3.05, 3.63) is 214 Å². The molecule has 4 aromatic heterocycles. The summed E-state index contributed by atoms with van der Waals surface area (Å²) in [6, 6.07) is 40.7. The Kier molecular flexibility index (Phi) is 18.6. The molecule has 0 aliphatic carbocycles. The highest BCUT2D eigenvalue weighted by molar-refractivity contribution is 7.90. The number of unbranched alkanes of at least 4 members (excludes halogenated alkanes) is 2. The highest BCUT2D eigenvalue weighted by atomic mass is 35.5. The van der Waals surface area contributed by atoms with Gasteiger partial charge in [0.1, 0.15) is 91.7 Å². The fourth-order valence-corrected chi connectivity index (χ4v) is 10.5. The summed E-state index contributed by atoms with van der Waals surface area (Å²) in [6.45, 7) is 0.310. The van der Waals surface area contributed by atoms with Crippen LogP contribution in [-0.2, 0) is 45.7 Å². The van der Waals surface area contributed by atoms with Gasteiger partial charge < -0.3 is 28.7 Å². The van der Waals surface area contributed by atoms with E-state index >= 15 is 0 Å². The van der Waals surface area contributed by atoms with Crippen LogP contribution in [0.3, 0.4) is 0 Å². The van der Waals surface area contributed by atoms with Gasteiger partial charge in [0.25, 0.3) is 0 Å². The molecule has 0 amide bonds. The zero-order valence-corrected chi connectivity index (χ0v) is 47.4. The highest BCUT2D eigenvalue weighted by Crippen LogP contribution is 2.33. The molecule has 6 aromatic carbocycles. The number of aromatic nitrogens is 4. The molecule has 10 rings (SSSR count). The number of nitrogens with zero attached hydrogens (tertiary/aromatic N) is 6. The van der Waals surface area contributed by atoms with Crippen molar-refractivity contribution in [2.45, 2.75) is 51.7 Å². The maximum absolute atomic E-state index is 13.4. The first-order chi connectivity index (χ1) is 39.3. The lowest BCUT2D eigenvalue weighted by molar-refractivity contribution is 0.170. The second kappa shape index (κ2) is 26.1. The Bertz CT molecular complexity index is 4230. The van der Waals surface area contributed by atoms with Crippen LogP contribution in [0.25, 0.3) is 44.5 Å². The van der Waals surface area contributed by atoms with Crippen molar-refractivity contribution in [3.8, 4) is 34.1 Å². The summed E-state index contributed by atoms with van der Waals surface area (Å²) < 4.78 is 97.5. The van der Waals surface area contributed by atoms with Crippen LogP contribution in [0.4, 0.5) is 20.2 Å². The van der Waals surface area contributed by atoms with Crippen LogP contribution in [-0.4, -0.2) is 70.7 Å². The minimum atomic E-state index is -2.98. The lowest BCUT2D eigenvalue weighted by Crippen LogP contribution is -2.19. The Morgan fingerprint density at radius 3 is 1.60 bits per heavy atom. The van der Waals surface area contributed by atoms with Gasteiger partial charge in [0.15, 0.2) is 11.0 Å². The minimum absolute atomic E-state index is 0.150. The van der Waals surface area contributed by atoms with Gasteiger partial charge in [-0.05, 0) is 158 Å². The molecule has 82 heavy (non-hydrogen) atoms. The lowest BCUT2D eigenvalue weighted by atomic mass is 10.1. The Hall–Kier alpha value is -8.30. The van der Waals surface area contributed by atoms with Gasteiger partial charge in [0.05, 0.1) is 32.5 Å². The summed E-state index contributed by atoms with van der Waals surface area (Å²) >= 11 is 12.9. The first kappa shape index (κ1) is 58.4. The van der Waals surface area contributed by atoms with E-state index < -0.39 is 19.7 Å². The average Bonchev–Trinajstić information content (AvgIpc) is 3.75. The van der Waals surface area contributed by atoms with E-state index in [0.29, 0.717) is 121 Å². The van der Waals surface area contributed by atoms with E-state index in [1.54, 1.807) is 66.7 Å². The molecule has 0 saturated carbocycles. The summed E-state index contributed by atoms with van der Waals surface area (Å²) in [6.07, 6.45) is 8.80. The van der Waals surface area contributed by atoms with Gasteiger partial charge in [-0.2, -0.15) is 9.46 Å². The highest BCUT2D eigenvalue weighted by Gasteiger charge is 2.14. The predicted molar refractivity (Wildman–Crippen MR) is 309 cm³/mol. The Balaban J connectivity index is 0.000000198. The van der Waals surface area contributed by atoms with Crippen LogP contribution >= 0.6 is 23.2 Å². The Labute approximate surface area is 480 Å². The normalized spacial score (nSPS) is 12.2.